The van der Waals surface area contributed by atoms with Crippen LogP contribution in [0.25, 0.3) is 11.5 Å². The van der Waals surface area contributed by atoms with Gasteiger partial charge in [0.15, 0.2) is 11.5 Å². The number of nitrogens with two attached hydrogens (primary N) is 1. The van der Waals surface area contributed by atoms with Crippen molar-refractivity contribution in [1.82, 2.24) is 15.5 Å². The van der Waals surface area contributed by atoms with E-state index < -0.39 is 0 Å². The number of nitrogens with one attached hydrogen (secondary N) is 2. The highest BCUT2D eigenvalue weighted by Gasteiger charge is 2.21. The molecule has 3 rings (SSSR count). The first-order valence-corrected chi connectivity index (χ1v) is 6.88. The van der Waals surface area contributed by atoms with E-state index in [9.17, 15) is 4.79 Å². The molecule has 0 radical (unpaired) electrons. The van der Waals surface area contributed by atoms with Gasteiger partial charge in [0.2, 0.25) is 0 Å². The molecule has 4 N–H and O–H groups in total. The Hall–Kier alpha value is -1.79. The predicted octanol–water partition coefficient (Wildman–Crippen LogP) is 2.09. The number of aromatic nitrogens is 2. The van der Waals surface area contributed by atoms with Gasteiger partial charge < -0.3 is 15.5 Å². The average Bonchev–Trinajstić information content (AvgIpc) is 3.11. The summed E-state index contributed by atoms with van der Waals surface area (Å²) in [5.74, 6) is 0.514. The van der Waals surface area contributed by atoms with Crippen LogP contribution in [0.3, 0.4) is 0 Å². The van der Waals surface area contributed by atoms with Crippen LogP contribution in [0.1, 0.15) is 36.2 Å². The summed E-state index contributed by atoms with van der Waals surface area (Å²) in [7, 11) is 0. The molecule has 21 heavy (non-hydrogen) atoms. The molecule has 1 saturated carbocycles. The largest absolute Gasteiger partial charge is 0.463 e. The van der Waals surface area contributed by atoms with Gasteiger partial charge in [0.05, 0.1) is 6.26 Å². The maximum absolute atomic E-state index is 12.1. The van der Waals surface area contributed by atoms with Gasteiger partial charge in [0.1, 0.15) is 5.69 Å². The summed E-state index contributed by atoms with van der Waals surface area (Å²) < 4.78 is 5.26. The molecule has 2 heterocycles. The molecule has 6 nitrogen and oxygen atoms in total. The first-order valence-electron chi connectivity index (χ1n) is 6.88. The molecule has 2 aromatic rings. The van der Waals surface area contributed by atoms with Crippen LogP contribution in [0.4, 0.5) is 0 Å². The third-order valence-corrected chi connectivity index (χ3v) is 3.70. The lowest BCUT2D eigenvalue weighted by atomic mass is 9.92. The number of aromatic amines is 1. The molecule has 0 unspecified atom stereocenters. The minimum absolute atomic E-state index is 0. The Kier molecular flexibility index (Phi) is 5.03. The molecule has 1 fully saturated rings. The summed E-state index contributed by atoms with van der Waals surface area (Å²) in [6, 6.07) is 5.78. The standard InChI is InChI=1S/C14H18N4O2.ClH/c15-9-3-5-10(6-4-9)16-14(19)12-8-11(17-18-12)13-2-1-7-20-13;/h1-2,7-10H,3-6,15H2,(H,16,19)(H,17,18);1H. The van der Waals surface area contributed by atoms with Gasteiger partial charge in [-0.3, -0.25) is 9.89 Å². The van der Waals surface area contributed by atoms with E-state index in [1.165, 1.54) is 0 Å². The fourth-order valence-electron chi connectivity index (χ4n) is 2.52. The van der Waals surface area contributed by atoms with Gasteiger partial charge in [-0.05, 0) is 37.8 Å². The molecule has 2 aromatic heterocycles. The van der Waals surface area contributed by atoms with Crippen LogP contribution in [0.2, 0.25) is 0 Å². The second-order valence-corrected chi connectivity index (χ2v) is 5.23. The van der Waals surface area contributed by atoms with E-state index in [0.717, 1.165) is 25.7 Å². The molecular weight excluding hydrogens is 292 g/mol. The highest BCUT2D eigenvalue weighted by molar-refractivity contribution is 5.93. The van der Waals surface area contributed by atoms with Crippen molar-refractivity contribution < 1.29 is 9.21 Å². The summed E-state index contributed by atoms with van der Waals surface area (Å²) in [5, 5.41) is 9.85. The maximum atomic E-state index is 12.1. The van der Waals surface area contributed by atoms with Gasteiger partial charge >= 0.3 is 0 Å². The first kappa shape index (κ1) is 15.6. The summed E-state index contributed by atoms with van der Waals surface area (Å²) >= 11 is 0. The Morgan fingerprint density at radius 1 is 1.38 bits per heavy atom. The predicted molar refractivity (Wildman–Crippen MR) is 81.2 cm³/mol. The molecule has 0 aliphatic heterocycles. The van der Waals surface area contributed by atoms with Crippen LogP contribution in [0.15, 0.2) is 28.9 Å². The van der Waals surface area contributed by atoms with Gasteiger partial charge in [-0.2, -0.15) is 5.10 Å². The fraction of sp³-hybridized carbons (Fsp3) is 0.429. The van der Waals surface area contributed by atoms with Gasteiger partial charge in [-0.1, -0.05) is 0 Å². The van der Waals surface area contributed by atoms with Gasteiger partial charge in [-0.25, -0.2) is 0 Å². The minimum atomic E-state index is -0.153. The molecule has 0 atom stereocenters. The molecule has 0 spiro atoms. The van der Waals surface area contributed by atoms with Crippen molar-refractivity contribution in [2.45, 2.75) is 37.8 Å². The molecule has 1 aliphatic rings. The Bertz CT molecular complexity index is 574. The van der Waals surface area contributed by atoms with Gasteiger partial charge in [-0.15, -0.1) is 12.4 Å². The fourth-order valence-corrected chi connectivity index (χ4v) is 2.52. The van der Waals surface area contributed by atoms with Crippen molar-refractivity contribution in [1.29, 1.82) is 0 Å². The number of nitrogens with zero attached hydrogens (tertiary/aromatic N) is 1. The Morgan fingerprint density at radius 2 is 2.14 bits per heavy atom. The highest BCUT2D eigenvalue weighted by Crippen LogP contribution is 2.19. The molecule has 0 aromatic carbocycles. The van der Waals surface area contributed by atoms with Crippen molar-refractivity contribution in [2.24, 2.45) is 5.73 Å². The Labute approximate surface area is 128 Å². The second-order valence-electron chi connectivity index (χ2n) is 5.23. The van der Waals surface area contributed by atoms with Crippen LogP contribution in [0, 0.1) is 0 Å². The Morgan fingerprint density at radius 3 is 2.81 bits per heavy atom. The number of furan rings is 1. The topological polar surface area (TPSA) is 96.9 Å². The SMILES string of the molecule is Cl.NC1CCC(NC(=O)c2cc(-c3ccco3)[nH]n2)CC1. The molecule has 0 saturated heterocycles. The minimum Gasteiger partial charge on any atom is -0.463 e. The number of H-pyrrole nitrogens is 1. The van der Waals surface area contributed by atoms with E-state index in [1.807, 2.05) is 6.07 Å². The number of carbonyl (C=O) groups excluding carboxylic acids is 1. The first-order chi connectivity index (χ1) is 9.72. The van der Waals surface area contributed by atoms with Crippen LogP contribution >= 0.6 is 12.4 Å². The third kappa shape index (κ3) is 3.65. The zero-order valence-electron chi connectivity index (χ0n) is 11.5. The third-order valence-electron chi connectivity index (χ3n) is 3.70. The number of carbonyl (C=O) groups is 1. The maximum Gasteiger partial charge on any atom is 0.272 e. The zero-order valence-corrected chi connectivity index (χ0v) is 12.4. The number of rotatable bonds is 3. The smallest absolute Gasteiger partial charge is 0.272 e. The highest BCUT2D eigenvalue weighted by atomic mass is 35.5. The molecule has 7 heteroatoms. The van der Waals surface area contributed by atoms with E-state index >= 15 is 0 Å². The monoisotopic (exact) mass is 310 g/mol. The van der Waals surface area contributed by atoms with Gasteiger partial charge in [0, 0.05) is 18.2 Å². The van der Waals surface area contributed by atoms with Gasteiger partial charge in [0.25, 0.3) is 5.91 Å². The quantitative estimate of drug-likeness (QED) is 0.808. The van der Waals surface area contributed by atoms with Crippen molar-refractivity contribution in [3.8, 4) is 11.5 Å². The van der Waals surface area contributed by atoms with Crippen molar-refractivity contribution in [3.63, 3.8) is 0 Å². The number of halogens is 1. The van der Waals surface area contributed by atoms with E-state index in [4.69, 9.17) is 10.2 Å². The number of hydrogen-bond acceptors (Lipinski definition) is 4. The van der Waals surface area contributed by atoms with Crippen LogP contribution in [-0.2, 0) is 0 Å². The molecule has 1 amide bonds. The summed E-state index contributed by atoms with van der Waals surface area (Å²) in [5.41, 5.74) is 6.94. The van der Waals surface area contributed by atoms with Crippen molar-refractivity contribution in [2.75, 3.05) is 0 Å². The molecular formula is C14H19ClN4O2. The number of hydrogen-bond donors (Lipinski definition) is 3. The zero-order chi connectivity index (χ0) is 13.9. The van der Waals surface area contributed by atoms with Crippen LogP contribution in [-0.4, -0.2) is 28.2 Å². The van der Waals surface area contributed by atoms with E-state index in [2.05, 4.69) is 15.5 Å². The summed E-state index contributed by atoms with van der Waals surface area (Å²) in [6.07, 6.45) is 5.37. The number of amides is 1. The second kappa shape index (κ2) is 6.78. The van der Waals surface area contributed by atoms with E-state index in [-0.39, 0.29) is 30.4 Å². The van der Waals surface area contributed by atoms with Crippen molar-refractivity contribution in [3.05, 3.63) is 30.2 Å². The van der Waals surface area contributed by atoms with Crippen LogP contribution in [0.5, 0.6) is 0 Å². The van der Waals surface area contributed by atoms with E-state index in [0.29, 0.717) is 17.1 Å². The molecule has 1 aliphatic carbocycles. The lowest BCUT2D eigenvalue weighted by Gasteiger charge is -2.26. The summed E-state index contributed by atoms with van der Waals surface area (Å²) in [4.78, 5) is 12.1. The lowest BCUT2D eigenvalue weighted by molar-refractivity contribution is 0.0921. The molecule has 0 bridgehead atoms. The van der Waals surface area contributed by atoms with Crippen molar-refractivity contribution >= 4 is 18.3 Å². The van der Waals surface area contributed by atoms with E-state index in [1.54, 1.807) is 18.4 Å². The summed E-state index contributed by atoms with van der Waals surface area (Å²) in [6.45, 7) is 0. The normalized spacial score (nSPS) is 21.6. The van der Waals surface area contributed by atoms with Crippen LogP contribution < -0.4 is 11.1 Å². The molecule has 114 valence electrons. The lowest BCUT2D eigenvalue weighted by Crippen LogP contribution is -2.40. The Balaban J connectivity index is 0.00000161. The average molecular weight is 311 g/mol.